The van der Waals surface area contributed by atoms with Gasteiger partial charge in [-0.2, -0.15) is 0 Å². The number of rotatable bonds is 5. The van der Waals surface area contributed by atoms with E-state index in [9.17, 15) is 9.18 Å². The van der Waals surface area contributed by atoms with Gasteiger partial charge < -0.3 is 10.4 Å². The summed E-state index contributed by atoms with van der Waals surface area (Å²) in [6.45, 7) is -0.00568. The molecule has 21 heavy (non-hydrogen) atoms. The topological polar surface area (TPSA) is 49.3 Å². The molecule has 0 aliphatic rings. The zero-order valence-electron chi connectivity index (χ0n) is 11.0. The summed E-state index contributed by atoms with van der Waals surface area (Å²) in [6.07, 6.45) is 0. The maximum atomic E-state index is 13.6. The molecule has 2 N–H and O–H groups in total. The zero-order chi connectivity index (χ0) is 15.2. The summed E-state index contributed by atoms with van der Waals surface area (Å²) in [7, 11) is 0. The zero-order valence-corrected chi connectivity index (χ0v) is 13.4. The SMILES string of the molecule is O=C(CSc1ccc(CO)cc1)Nc1ccc(Br)cc1F. The second-order valence-electron chi connectivity index (χ2n) is 4.26. The van der Waals surface area contributed by atoms with Gasteiger partial charge in [0.15, 0.2) is 0 Å². The Hall–Kier alpha value is -1.37. The van der Waals surface area contributed by atoms with Crippen molar-refractivity contribution in [2.75, 3.05) is 11.1 Å². The van der Waals surface area contributed by atoms with E-state index in [1.165, 1.54) is 23.9 Å². The Morgan fingerprint density at radius 2 is 1.95 bits per heavy atom. The van der Waals surface area contributed by atoms with Crippen LogP contribution >= 0.6 is 27.7 Å². The predicted molar refractivity (Wildman–Crippen MR) is 85.8 cm³/mol. The molecule has 1 amide bonds. The molecule has 0 saturated carbocycles. The van der Waals surface area contributed by atoms with Crippen molar-refractivity contribution in [1.82, 2.24) is 0 Å². The van der Waals surface area contributed by atoms with Crippen LogP contribution in [0.15, 0.2) is 51.8 Å². The predicted octanol–water partition coefficient (Wildman–Crippen LogP) is 3.81. The van der Waals surface area contributed by atoms with Gasteiger partial charge in [0.25, 0.3) is 0 Å². The number of amides is 1. The fraction of sp³-hybridized carbons (Fsp3) is 0.133. The van der Waals surface area contributed by atoms with E-state index in [-0.39, 0.29) is 24.0 Å². The molecule has 0 radical (unpaired) electrons. The summed E-state index contributed by atoms with van der Waals surface area (Å²) in [4.78, 5) is 12.7. The van der Waals surface area contributed by atoms with E-state index < -0.39 is 5.82 Å². The highest BCUT2D eigenvalue weighted by molar-refractivity contribution is 9.10. The molecule has 0 spiro atoms. The highest BCUT2D eigenvalue weighted by atomic mass is 79.9. The van der Waals surface area contributed by atoms with E-state index >= 15 is 0 Å². The lowest BCUT2D eigenvalue weighted by Gasteiger charge is -2.07. The molecule has 6 heteroatoms. The van der Waals surface area contributed by atoms with E-state index in [0.717, 1.165) is 10.5 Å². The molecule has 2 aromatic carbocycles. The number of carbonyl (C=O) groups excluding carboxylic acids is 1. The summed E-state index contributed by atoms with van der Waals surface area (Å²) < 4.78 is 14.2. The highest BCUT2D eigenvalue weighted by Crippen LogP contribution is 2.21. The third kappa shape index (κ3) is 4.84. The Bertz CT molecular complexity index is 634. The lowest BCUT2D eigenvalue weighted by atomic mass is 10.2. The number of thioether (sulfide) groups is 1. The molecular weight excluding hydrogens is 357 g/mol. The van der Waals surface area contributed by atoms with Crippen LogP contribution in [0.4, 0.5) is 10.1 Å². The smallest absolute Gasteiger partial charge is 0.234 e. The number of benzene rings is 2. The second-order valence-corrected chi connectivity index (χ2v) is 6.23. The number of nitrogens with one attached hydrogen (secondary N) is 1. The standard InChI is InChI=1S/C15H13BrFNO2S/c16-11-3-6-14(13(17)7-11)18-15(20)9-21-12-4-1-10(8-19)2-5-12/h1-7,19H,8-9H2,(H,18,20). The molecule has 0 aliphatic carbocycles. The fourth-order valence-electron chi connectivity index (χ4n) is 1.62. The number of aliphatic hydroxyl groups is 1. The van der Waals surface area contributed by atoms with Crippen molar-refractivity contribution >= 4 is 39.3 Å². The Kier molecular flexibility index (Phi) is 5.78. The molecule has 110 valence electrons. The number of hydrogen-bond donors (Lipinski definition) is 2. The first kappa shape index (κ1) is 16.0. The van der Waals surface area contributed by atoms with E-state index in [1.807, 2.05) is 12.1 Å². The molecular formula is C15H13BrFNO2S. The minimum atomic E-state index is -0.477. The molecule has 0 aromatic heterocycles. The quantitative estimate of drug-likeness (QED) is 0.787. The molecule has 0 unspecified atom stereocenters. The van der Waals surface area contributed by atoms with Crippen LogP contribution in [0.1, 0.15) is 5.56 Å². The van der Waals surface area contributed by atoms with Crippen molar-refractivity contribution in [2.45, 2.75) is 11.5 Å². The van der Waals surface area contributed by atoms with E-state index in [2.05, 4.69) is 21.2 Å². The summed E-state index contributed by atoms with van der Waals surface area (Å²) in [5.41, 5.74) is 0.986. The van der Waals surface area contributed by atoms with Crippen LogP contribution in [-0.4, -0.2) is 16.8 Å². The summed E-state index contributed by atoms with van der Waals surface area (Å²) >= 11 is 4.51. The Balaban J connectivity index is 1.89. The van der Waals surface area contributed by atoms with E-state index in [4.69, 9.17) is 5.11 Å². The molecule has 0 bridgehead atoms. The van der Waals surface area contributed by atoms with Gasteiger partial charge in [0, 0.05) is 9.37 Å². The van der Waals surface area contributed by atoms with Gasteiger partial charge in [0.1, 0.15) is 5.82 Å². The Labute approximate surface area is 134 Å². The van der Waals surface area contributed by atoms with Gasteiger partial charge in [-0.1, -0.05) is 28.1 Å². The van der Waals surface area contributed by atoms with Crippen LogP contribution in [0.2, 0.25) is 0 Å². The van der Waals surface area contributed by atoms with Gasteiger partial charge in [-0.3, -0.25) is 4.79 Å². The van der Waals surface area contributed by atoms with E-state index in [1.54, 1.807) is 18.2 Å². The third-order valence-electron chi connectivity index (χ3n) is 2.68. The second kappa shape index (κ2) is 7.59. The van der Waals surface area contributed by atoms with Crippen molar-refractivity contribution in [1.29, 1.82) is 0 Å². The average molecular weight is 370 g/mol. The summed E-state index contributed by atoms with van der Waals surface area (Å²) in [5.74, 6) is -0.559. The van der Waals surface area contributed by atoms with Crippen molar-refractivity contribution in [3.63, 3.8) is 0 Å². The first-order valence-corrected chi connectivity index (χ1v) is 7.94. The van der Waals surface area contributed by atoms with Crippen LogP contribution in [0.3, 0.4) is 0 Å². The van der Waals surface area contributed by atoms with Crippen LogP contribution in [0, 0.1) is 5.82 Å². The molecule has 0 heterocycles. The summed E-state index contributed by atoms with van der Waals surface area (Å²) in [6, 6.07) is 11.8. The number of carbonyl (C=O) groups is 1. The highest BCUT2D eigenvalue weighted by Gasteiger charge is 2.08. The van der Waals surface area contributed by atoms with Gasteiger partial charge in [-0.05, 0) is 35.9 Å². The van der Waals surface area contributed by atoms with Gasteiger partial charge in [0.2, 0.25) is 5.91 Å². The summed E-state index contributed by atoms with van der Waals surface area (Å²) in [5, 5.41) is 11.5. The number of hydrogen-bond acceptors (Lipinski definition) is 3. The van der Waals surface area contributed by atoms with E-state index in [0.29, 0.717) is 4.47 Å². The molecule has 2 aromatic rings. The number of aliphatic hydroxyl groups excluding tert-OH is 1. The lowest BCUT2D eigenvalue weighted by molar-refractivity contribution is -0.113. The van der Waals surface area contributed by atoms with Gasteiger partial charge >= 0.3 is 0 Å². The molecule has 2 rings (SSSR count). The van der Waals surface area contributed by atoms with Crippen LogP contribution in [0.25, 0.3) is 0 Å². The first-order valence-electron chi connectivity index (χ1n) is 6.16. The minimum absolute atomic E-state index is 0.00568. The maximum absolute atomic E-state index is 13.6. The van der Waals surface area contributed by atoms with Gasteiger partial charge in [-0.15, -0.1) is 11.8 Å². The van der Waals surface area contributed by atoms with Crippen molar-refractivity contribution in [3.05, 3.63) is 58.3 Å². The Morgan fingerprint density at radius 3 is 2.57 bits per heavy atom. The first-order chi connectivity index (χ1) is 10.1. The molecule has 0 aliphatic heterocycles. The minimum Gasteiger partial charge on any atom is -0.392 e. The van der Waals surface area contributed by atoms with Crippen LogP contribution in [0.5, 0.6) is 0 Å². The molecule has 0 fully saturated rings. The molecule has 3 nitrogen and oxygen atoms in total. The van der Waals surface area contributed by atoms with Crippen molar-refractivity contribution in [3.8, 4) is 0 Å². The molecule has 0 saturated heterocycles. The largest absolute Gasteiger partial charge is 0.392 e. The van der Waals surface area contributed by atoms with Crippen molar-refractivity contribution < 1.29 is 14.3 Å². The monoisotopic (exact) mass is 369 g/mol. The van der Waals surface area contributed by atoms with Crippen LogP contribution in [-0.2, 0) is 11.4 Å². The Morgan fingerprint density at radius 1 is 1.24 bits per heavy atom. The average Bonchev–Trinajstić information content (AvgIpc) is 2.48. The number of anilines is 1. The van der Waals surface area contributed by atoms with Crippen molar-refractivity contribution in [2.24, 2.45) is 0 Å². The maximum Gasteiger partial charge on any atom is 0.234 e. The van der Waals surface area contributed by atoms with Gasteiger partial charge in [0.05, 0.1) is 18.0 Å². The van der Waals surface area contributed by atoms with Gasteiger partial charge in [-0.25, -0.2) is 4.39 Å². The lowest BCUT2D eigenvalue weighted by Crippen LogP contribution is -2.15. The fourth-order valence-corrected chi connectivity index (χ4v) is 2.65. The normalized spacial score (nSPS) is 10.4. The third-order valence-corrected chi connectivity index (χ3v) is 4.19. The molecule has 0 atom stereocenters. The van der Waals surface area contributed by atoms with Crippen LogP contribution < -0.4 is 5.32 Å². The number of halogens is 2.